The van der Waals surface area contributed by atoms with Gasteiger partial charge in [-0.25, -0.2) is 9.97 Å². The normalized spacial score (nSPS) is 10.6. The topological polar surface area (TPSA) is 69.4 Å². The van der Waals surface area contributed by atoms with E-state index in [0.717, 1.165) is 5.56 Å². The molecular weight excluding hydrogens is 264 g/mol. The smallest absolute Gasteiger partial charge is 0.239 e. The molecule has 7 heteroatoms. The van der Waals surface area contributed by atoms with Crippen LogP contribution in [0, 0.1) is 0 Å². The molecule has 0 saturated heterocycles. The van der Waals surface area contributed by atoms with Gasteiger partial charge >= 0.3 is 0 Å². The molecule has 6 nitrogen and oxygen atoms in total. The second-order valence-corrected chi connectivity index (χ2v) is 4.16. The van der Waals surface area contributed by atoms with Crippen LogP contribution >= 0.6 is 11.6 Å². The van der Waals surface area contributed by atoms with Gasteiger partial charge in [-0.1, -0.05) is 0 Å². The third-order valence-electron chi connectivity index (χ3n) is 2.49. The Bertz CT molecular complexity index is 668. The lowest BCUT2D eigenvalue weighted by atomic mass is 10.2. The second kappa shape index (κ2) is 5.11. The fraction of sp³-hybridized carbons (Fsp3) is 0.0833. The van der Waals surface area contributed by atoms with Gasteiger partial charge in [-0.15, -0.1) is 0 Å². The zero-order valence-electron chi connectivity index (χ0n) is 9.81. The van der Waals surface area contributed by atoms with Crippen molar-refractivity contribution in [3.05, 3.63) is 59.9 Å². The van der Waals surface area contributed by atoms with Crippen molar-refractivity contribution in [3.8, 4) is 5.95 Å². The summed E-state index contributed by atoms with van der Waals surface area (Å²) in [5.41, 5.74) is 1.06. The van der Waals surface area contributed by atoms with Crippen LogP contribution in [0.25, 0.3) is 5.95 Å². The predicted molar refractivity (Wildman–Crippen MR) is 69.0 cm³/mol. The SMILES string of the molecule is Clc1nc(Cc2ccncc2)nc(-n2ccnc2)n1. The molecule has 0 bridgehead atoms. The lowest BCUT2D eigenvalue weighted by molar-refractivity contribution is 0.842. The van der Waals surface area contributed by atoms with Crippen LogP contribution in [0.2, 0.25) is 5.28 Å². The van der Waals surface area contributed by atoms with Gasteiger partial charge in [0.15, 0.2) is 0 Å². The predicted octanol–water partition coefficient (Wildman–Crippen LogP) is 1.70. The molecule has 0 atom stereocenters. The summed E-state index contributed by atoms with van der Waals surface area (Å²) in [6.45, 7) is 0. The number of nitrogens with zero attached hydrogens (tertiary/aromatic N) is 6. The minimum atomic E-state index is 0.169. The highest BCUT2D eigenvalue weighted by atomic mass is 35.5. The van der Waals surface area contributed by atoms with Crippen LogP contribution in [0.1, 0.15) is 11.4 Å². The molecule has 0 amide bonds. The van der Waals surface area contributed by atoms with Gasteiger partial charge in [0.25, 0.3) is 0 Å². The van der Waals surface area contributed by atoms with E-state index in [-0.39, 0.29) is 5.28 Å². The first-order valence-electron chi connectivity index (χ1n) is 5.59. The zero-order valence-corrected chi connectivity index (χ0v) is 10.6. The molecular formula is C12H9ClN6. The van der Waals surface area contributed by atoms with Gasteiger partial charge < -0.3 is 0 Å². The van der Waals surface area contributed by atoms with Crippen molar-refractivity contribution in [3.63, 3.8) is 0 Å². The number of hydrogen-bond acceptors (Lipinski definition) is 5. The van der Waals surface area contributed by atoms with Crippen molar-refractivity contribution in [2.75, 3.05) is 0 Å². The number of aromatic nitrogens is 6. The molecule has 0 N–H and O–H groups in total. The van der Waals surface area contributed by atoms with Crippen LogP contribution in [0.3, 0.4) is 0 Å². The van der Waals surface area contributed by atoms with Crippen LogP contribution < -0.4 is 0 Å². The molecule has 94 valence electrons. The maximum atomic E-state index is 5.92. The molecule has 0 fully saturated rings. The van der Waals surface area contributed by atoms with Crippen molar-refractivity contribution >= 4 is 11.6 Å². The molecule has 0 aliphatic carbocycles. The molecule has 19 heavy (non-hydrogen) atoms. The van der Waals surface area contributed by atoms with Gasteiger partial charge in [-0.05, 0) is 29.3 Å². The van der Waals surface area contributed by atoms with Crippen LogP contribution in [-0.2, 0) is 6.42 Å². The Morgan fingerprint density at radius 3 is 2.58 bits per heavy atom. The van der Waals surface area contributed by atoms with Gasteiger partial charge in [0.2, 0.25) is 11.2 Å². The van der Waals surface area contributed by atoms with E-state index in [9.17, 15) is 0 Å². The molecule has 0 aliphatic rings. The Balaban J connectivity index is 1.94. The maximum Gasteiger partial charge on any atom is 0.239 e. The van der Waals surface area contributed by atoms with Crippen LogP contribution in [0.5, 0.6) is 0 Å². The molecule has 0 unspecified atom stereocenters. The summed E-state index contributed by atoms with van der Waals surface area (Å²) in [5.74, 6) is 1.07. The van der Waals surface area contributed by atoms with E-state index >= 15 is 0 Å². The summed E-state index contributed by atoms with van der Waals surface area (Å²) >= 11 is 5.92. The molecule has 0 saturated carbocycles. The maximum absolute atomic E-state index is 5.92. The number of pyridine rings is 1. The van der Waals surface area contributed by atoms with E-state index in [1.807, 2.05) is 12.1 Å². The summed E-state index contributed by atoms with van der Waals surface area (Å²) in [6, 6.07) is 3.82. The lowest BCUT2D eigenvalue weighted by Gasteiger charge is -2.04. The highest BCUT2D eigenvalue weighted by Gasteiger charge is 2.07. The molecule has 0 aliphatic heterocycles. The Morgan fingerprint density at radius 2 is 1.84 bits per heavy atom. The first kappa shape index (κ1) is 11.7. The fourth-order valence-electron chi connectivity index (χ4n) is 1.63. The quantitative estimate of drug-likeness (QED) is 0.726. The molecule has 3 rings (SSSR count). The zero-order chi connectivity index (χ0) is 13.1. The largest absolute Gasteiger partial charge is 0.274 e. The average molecular weight is 273 g/mol. The Morgan fingerprint density at radius 1 is 1.00 bits per heavy atom. The first-order chi connectivity index (χ1) is 9.31. The minimum absolute atomic E-state index is 0.169. The van der Waals surface area contributed by atoms with E-state index in [4.69, 9.17) is 11.6 Å². The highest BCUT2D eigenvalue weighted by molar-refractivity contribution is 6.28. The Kier molecular flexibility index (Phi) is 3.16. The molecule has 3 heterocycles. The summed E-state index contributed by atoms with van der Waals surface area (Å²) < 4.78 is 1.68. The van der Waals surface area contributed by atoms with E-state index in [1.54, 1.807) is 35.7 Å². The molecule has 0 spiro atoms. The third kappa shape index (κ3) is 2.74. The van der Waals surface area contributed by atoms with E-state index in [2.05, 4.69) is 24.9 Å². The van der Waals surface area contributed by atoms with Crippen molar-refractivity contribution < 1.29 is 0 Å². The molecule has 3 aromatic rings. The van der Waals surface area contributed by atoms with Gasteiger partial charge in [0, 0.05) is 31.2 Å². The Hall–Kier alpha value is -2.34. The second-order valence-electron chi connectivity index (χ2n) is 3.82. The number of rotatable bonds is 3. The highest BCUT2D eigenvalue weighted by Crippen LogP contribution is 2.09. The van der Waals surface area contributed by atoms with Gasteiger partial charge in [-0.3, -0.25) is 9.55 Å². The fourth-order valence-corrected chi connectivity index (χ4v) is 1.81. The lowest BCUT2D eigenvalue weighted by Crippen LogP contribution is -2.06. The number of imidazole rings is 1. The van der Waals surface area contributed by atoms with Crippen LogP contribution in [0.4, 0.5) is 0 Å². The average Bonchev–Trinajstić information content (AvgIpc) is 2.93. The van der Waals surface area contributed by atoms with E-state index in [0.29, 0.717) is 18.2 Å². The molecule has 0 aromatic carbocycles. The van der Waals surface area contributed by atoms with Crippen molar-refractivity contribution in [2.24, 2.45) is 0 Å². The minimum Gasteiger partial charge on any atom is -0.274 e. The number of hydrogen-bond donors (Lipinski definition) is 0. The summed E-state index contributed by atoms with van der Waals surface area (Å²) in [5, 5.41) is 0.169. The van der Waals surface area contributed by atoms with Crippen LogP contribution in [-0.4, -0.2) is 29.5 Å². The number of halogens is 1. The van der Waals surface area contributed by atoms with E-state index < -0.39 is 0 Å². The third-order valence-corrected chi connectivity index (χ3v) is 2.66. The first-order valence-corrected chi connectivity index (χ1v) is 5.97. The molecule has 0 radical (unpaired) electrons. The molecule has 3 aromatic heterocycles. The van der Waals surface area contributed by atoms with E-state index in [1.165, 1.54) is 0 Å². The van der Waals surface area contributed by atoms with Gasteiger partial charge in [0.05, 0.1) is 0 Å². The van der Waals surface area contributed by atoms with Crippen LogP contribution in [0.15, 0.2) is 43.2 Å². The summed E-state index contributed by atoms with van der Waals surface area (Å²) in [6.07, 6.45) is 9.06. The summed E-state index contributed by atoms with van der Waals surface area (Å²) in [4.78, 5) is 20.5. The summed E-state index contributed by atoms with van der Waals surface area (Å²) in [7, 11) is 0. The van der Waals surface area contributed by atoms with Crippen molar-refractivity contribution in [1.82, 2.24) is 29.5 Å². The van der Waals surface area contributed by atoms with Gasteiger partial charge in [-0.2, -0.15) is 9.97 Å². The monoisotopic (exact) mass is 272 g/mol. The van der Waals surface area contributed by atoms with Crippen molar-refractivity contribution in [2.45, 2.75) is 6.42 Å². The Labute approximate surface area is 114 Å². The van der Waals surface area contributed by atoms with Crippen molar-refractivity contribution in [1.29, 1.82) is 0 Å². The standard InChI is InChI=1S/C12H9ClN6/c13-11-16-10(7-9-1-3-14-4-2-9)17-12(18-11)19-6-5-15-8-19/h1-6,8H,7H2. The van der Waals surface area contributed by atoms with Gasteiger partial charge in [0.1, 0.15) is 12.2 Å².